The van der Waals surface area contributed by atoms with Gasteiger partial charge in [0.1, 0.15) is 5.82 Å². The number of rotatable bonds is 4. The molecular formula is C14H22N4O2. The van der Waals surface area contributed by atoms with E-state index in [4.69, 9.17) is 0 Å². The fourth-order valence-corrected chi connectivity index (χ4v) is 2.36. The molecular weight excluding hydrogens is 256 g/mol. The maximum absolute atomic E-state index is 11.5. The number of methoxy groups -OCH3 is 1. The Kier molecular flexibility index (Phi) is 4.89. The zero-order chi connectivity index (χ0) is 14.5. The number of aryl methyl sites for hydroxylation is 1. The number of nitrogens with zero attached hydrogens (tertiary/aromatic N) is 3. The van der Waals surface area contributed by atoms with Crippen molar-refractivity contribution < 1.29 is 9.53 Å². The van der Waals surface area contributed by atoms with Crippen molar-refractivity contribution in [1.82, 2.24) is 14.9 Å². The summed E-state index contributed by atoms with van der Waals surface area (Å²) in [5, 5.41) is 3.31. The van der Waals surface area contributed by atoms with Gasteiger partial charge < -0.3 is 15.0 Å². The van der Waals surface area contributed by atoms with E-state index in [1.54, 1.807) is 0 Å². The zero-order valence-electron chi connectivity index (χ0n) is 12.3. The molecule has 0 saturated carbocycles. The summed E-state index contributed by atoms with van der Waals surface area (Å²) in [5.41, 5.74) is 0.756. The predicted molar refractivity (Wildman–Crippen MR) is 76.8 cm³/mol. The van der Waals surface area contributed by atoms with Crippen LogP contribution in [0, 0.1) is 12.8 Å². The Balaban J connectivity index is 1.95. The highest BCUT2D eigenvalue weighted by molar-refractivity contribution is 5.85. The van der Waals surface area contributed by atoms with Gasteiger partial charge in [0.15, 0.2) is 0 Å². The van der Waals surface area contributed by atoms with Gasteiger partial charge in [0.05, 0.1) is 7.11 Å². The number of carbonyl (C=O) groups excluding carboxylic acids is 1. The van der Waals surface area contributed by atoms with Crippen LogP contribution in [0.15, 0.2) is 6.07 Å². The molecule has 0 amide bonds. The molecule has 110 valence electrons. The van der Waals surface area contributed by atoms with E-state index in [0.29, 0.717) is 11.7 Å². The highest BCUT2D eigenvalue weighted by Crippen LogP contribution is 2.17. The molecule has 1 aliphatic heterocycles. The van der Waals surface area contributed by atoms with Crippen LogP contribution in [0.25, 0.3) is 0 Å². The molecule has 1 fully saturated rings. The molecule has 0 spiro atoms. The number of anilines is 1. The van der Waals surface area contributed by atoms with Crippen LogP contribution in [-0.2, 0) is 4.74 Å². The maximum atomic E-state index is 11.5. The summed E-state index contributed by atoms with van der Waals surface area (Å²) >= 11 is 0. The summed E-state index contributed by atoms with van der Waals surface area (Å²) in [7, 11) is 3.49. The van der Waals surface area contributed by atoms with Crippen molar-refractivity contribution in [3.05, 3.63) is 17.6 Å². The van der Waals surface area contributed by atoms with Gasteiger partial charge in [0.25, 0.3) is 0 Å². The molecule has 6 heteroatoms. The van der Waals surface area contributed by atoms with Crippen LogP contribution in [0.1, 0.15) is 29.2 Å². The predicted octanol–water partition coefficient (Wildman–Crippen LogP) is 1.33. The lowest BCUT2D eigenvalue weighted by atomic mass is 9.97. The highest BCUT2D eigenvalue weighted by Gasteiger charge is 2.17. The fraction of sp³-hybridized carbons (Fsp3) is 0.643. The first-order valence-electron chi connectivity index (χ1n) is 6.95. The van der Waals surface area contributed by atoms with Gasteiger partial charge in [-0.25, -0.2) is 14.8 Å². The van der Waals surface area contributed by atoms with E-state index in [1.807, 2.05) is 13.0 Å². The van der Waals surface area contributed by atoms with Crippen LogP contribution in [0.3, 0.4) is 0 Å². The first kappa shape index (κ1) is 14.7. The number of aromatic nitrogens is 2. The minimum Gasteiger partial charge on any atom is -0.463 e. The van der Waals surface area contributed by atoms with Gasteiger partial charge in [-0.2, -0.15) is 0 Å². The van der Waals surface area contributed by atoms with Gasteiger partial charge in [0.2, 0.25) is 5.82 Å². The normalized spacial score (nSPS) is 16.9. The molecule has 0 aliphatic carbocycles. The molecule has 1 aromatic heterocycles. The minimum atomic E-state index is -0.504. The lowest BCUT2D eigenvalue weighted by Crippen LogP contribution is -2.33. The van der Waals surface area contributed by atoms with Crippen LogP contribution in [-0.4, -0.2) is 54.6 Å². The number of hydrogen-bond acceptors (Lipinski definition) is 6. The summed E-state index contributed by atoms with van der Waals surface area (Å²) in [6, 6.07) is 1.85. The second kappa shape index (κ2) is 6.65. The number of esters is 1. The molecule has 0 aromatic carbocycles. The number of nitrogens with one attached hydrogen (secondary N) is 1. The van der Waals surface area contributed by atoms with Crippen molar-refractivity contribution in [2.75, 3.05) is 39.1 Å². The van der Waals surface area contributed by atoms with Crippen molar-refractivity contribution in [2.24, 2.45) is 5.92 Å². The maximum Gasteiger partial charge on any atom is 0.376 e. The SMILES string of the molecule is COC(=O)c1nc(C)cc(NCC2CCN(C)CC2)n1. The monoisotopic (exact) mass is 278 g/mol. The molecule has 2 heterocycles. The number of hydrogen-bond donors (Lipinski definition) is 1. The van der Waals surface area contributed by atoms with Crippen LogP contribution < -0.4 is 5.32 Å². The number of carbonyl (C=O) groups is 1. The summed E-state index contributed by atoms with van der Waals surface area (Å²) in [4.78, 5) is 22.1. The van der Waals surface area contributed by atoms with Crippen LogP contribution >= 0.6 is 0 Å². The molecule has 6 nitrogen and oxygen atoms in total. The Morgan fingerprint density at radius 2 is 2.15 bits per heavy atom. The highest BCUT2D eigenvalue weighted by atomic mass is 16.5. The first-order valence-corrected chi connectivity index (χ1v) is 6.95. The molecule has 0 unspecified atom stereocenters. The van der Waals surface area contributed by atoms with Crippen molar-refractivity contribution >= 4 is 11.8 Å². The summed E-state index contributed by atoms with van der Waals surface area (Å²) in [6.07, 6.45) is 2.38. The Bertz CT molecular complexity index is 470. The summed E-state index contributed by atoms with van der Waals surface area (Å²) in [6.45, 7) is 5.00. The lowest BCUT2D eigenvalue weighted by molar-refractivity contribution is 0.0586. The molecule has 0 radical (unpaired) electrons. The molecule has 1 aromatic rings. The van der Waals surface area contributed by atoms with E-state index in [-0.39, 0.29) is 5.82 Å². The van der Waals surface area contributed by atoms with Gasteiger partial charge in [-0.05, 0) is 45.8 Å². The minimum absolute atomic E-state index is 0.110. The first-order chi connectivity index (χ1) is 9.58. The van der Waals surface area contributed by atoms with E-state index in [1.165, 1.54) is 20.0 Å². The average molecular weight is 278 g/mol. The Morgan fingerprint density at radius 3 is 2.80 bits per heavy atom. The van der Waals surface area contributed by atoms with E-state index < -0.39 is 5.97 Å². The fourth-order valence-electron chi connectivity index (χ4n) is 2.36. The number of likely N-dealkylation sites (tertiary alicyclic amines) is 1. The lowest BCUT2D eigenvalue weighted by Gasteiger charge is -2.29. The molecule has 20 heavy (non-hydrogen) atoms. The van der Waals surface area contributed by atoms with E-state index in [9.17, 15) is 4.79 Å². The van der Waals surface area contributed by atoms with Gasteiger partial charge in [-0.1, -0.05) is 0 Å². The van der Waals surface area contributed by atoms with E-state index in [2.05, 4.69) is 32.0 Å². The van der Waals surface area contributed by atoms with E-state index in [0.717, 1.165) is 25.3 Å². The molecule has 0 bridgehead atoms. The van der Waals surface area contributed by atoms with Crippen molar-refractivity contribution in [2.45, 2.75) is 19.8 Å². The summed E-state index contributed by atoms with van der Waals surface area (Å²) in [5.74, 6) is 0.953. The number of ether oxygens (including phenoxy) is 1. The van der Waals surface area contributed by atoms with Gasteiger partial charge >= 0.3 is 5.97 Å². The van der Waals surface area contributed by atoms with Gasteiger partial charge in [-0.15, -0.1) is 0 Å². The molecule has 1 saturated heterocycles. The zero-order valence-corrected chi connectivity index (χ0v) is 12.3. The number of piperidine rings is 1. The Hall–Kier alpha value is -1.69. The van der Waals surface area contributed by atoms with Crippen molar-refractivity contribution in [1.29, 1.82) is 0 Å². The second-order valence-corrected chi connectivity index (χ2v) is 5.34. The third-order valence-electron chi connectivity index (χ3n) is 3.63. The second-order valence-electron chi connectivity index (χ2n) is 5.34. The topological polar surface area (TPSA) is 67.3 Å². The largest absolute Gasteiger partial charge is 0.463 e. The summed E-state index contributed by atoms with van der Waals surface area (Å²) < 4.78 is 4.66. The van der Waals surface area contributed by atoms with Crippen LogP contribution in [0.5, 0.6) is 0 Å². The molecule has 0 atom stereocenters. The van der Waals surface area contributed by atoms with E-state index >= 15 is 0 Å². The van der Waals surface area contributed by atoms with Gasteiger partial charge in [0, 0.05) is 18.3 Å². The molecule has 2 rings (SSSR count). The van der Waals surface area contributed by atoms with Crippen LogP contribution in [0.4, 0.5) is 5.82 Å². The van der Waals surface area contributed by atoms with Gasteiger partial charge in [-0.3, -0.25) is 0 Å². The third-order valence-corrected chi connectivity index (χ3v) is 3.63. The molecule has 1 aliphatic rings. The standard InChI is InChI=1S/C14H22N4O2/c1-10-8-12(17-13(16-10)14(19)20-3)15-9-11-4-6-18(2)7-5-11/h8,11H,4-7,9H2,1-3H3,(H,15,16,17). The third kappa shape index (κ3) is 3.90. The Labute approximate surface area is 119 Å². The van der Waals surface area contributed by atoms with Crippen molar-refractivity contribution in [3.63, 3.8) is 0 Å². The van der Waals surface area contributed by atoms with Crippen molar-refractivity contribution in [3.8, 4) is 0 Å². The molecule has 1 N–H and O–H groups in total. The van der Waals surface area contributed by atoms with Crippen LogP contribution in [0.2, 0.25) is 0 Å². The quantitative estimate of drug-likeness (QED) is 0.838. The average Bonchev–Trinajstić information content (AvgIpc) is 2.45. The smallest absolute Gasteiger partial charge is 0.376 e. The Morgan fingerprint density at radius 1 is 1.45 bits per heavy atom.